The molecule has 104 valence electrons. The maximum absolute atomic E-state index is 12.1. The molecule has 1 N–H and O–H groups in total. The van der Waals surface area contributed by atoms with Gasteiger partial charge in [0, 0.05) is 7.05 Å². The summed E-state index contributed by atoms with van der Waals surface area (Å²) in [6, 6.07) is 8.30. The fourth-order valence-corrected chi connectivity index (χ4v) is 4.78. The fourth-order valence-electron chi connectivity index (χ4n) is 1.82. The van der Waals surface area contributed by atoms with Crippen LogP contribution in [0.4, 0.5) is 5.69 Å². The first-order valence-corrected chi connectivity index (χ1v) is 8.81. The van der Waals surface area contributed by atoms with Crippen molar-refractivity contribution in [3.05, 3.63) is 45.4 Å². The van der Waals surface area contributed by atoms with E-state index in [-0.39, 0.29) is 9.08 Å². The summed E-state index contributed by atoms with van der Waals surface area (Å²) >= 11 is 2.25. The van der Waals surface area contributed by atoms with Crippen LogP contribution >= 0.6 is 22.7 Å². The van der Waals surface area contributed by atoms with E-state index in [9.17, 15) is 13.2 Å². The summed E-state index contributed by atoms with van der Waals surface area (Å²) in [7, 11) is -1.86. The van der Waals surface area contributed by atoms with Crippen molar-refractivity contribution < 1.29 is 8.42 Å². The highest BCUT2D eigenvalue weighted by molar-refractivity contribution is 7.94. The fraction of sp³-hybridized carbons (Fsp3) is 0.0833. The Bertz CT molecular complexity index is 921. The van der Waals surface area contributed by atoms with Crippen LogP contribution in [0.5, 0.6) is 0 Å². The van der Waals surface area contributed by atoms with Gasteiger partial charge in [-0.25, -0.2) is 8.42 Å². The van der Waals surface area contributed by atoms with E-state index in [1.54, 1.807) is 42.8 Å². The second-order valence-electron chi connectivity index (χ2n) is 4.15. The molecular formula is C12H10N2O3S3. The molecule has 0 atom stereocenters. The van der Waals surface area contributed by atoms with E-state index in [4.69, 9.17) is 0 Å². The molecule has 0 saturated carbocycles. The van der Waals surface area contributed by atoms with E-state index in [2.05, 4.69) is 4.72 Å². The van der Waals surface area contributed by atoms with Crippen LogP contribution in [0.15, 0.2) is 44.7 Å². The predicted molar refractivity (Wildman–Crippen MR) is 82.2 cm³/mol. The summed E-state index contributed by atoms with van der Waals surface area (Å²) in [5, 5.41) is 1.71. The summed E-state index contributed by atoms with van der Waals surface area (Å²) in [6.07, 6.45) is 0. The molecule has 0 saturated heterocycles. The van der Waals surface area contributed by atoms with Gasteiger partial charge in [-0.15, -0.1) is 11.3 Å². The first-order chi connectivity index (χ1) is 9.47. The van der Waals surface area contributed by atoms with Gasteiger partial charge in [-0.3, -0.25) is 9.52 Å². The Morgan fingerprint density at radius 2 is 2.05 bits per heavy atom. The third-order valence-corrected chi connectivity index (χ3v) is 6.58. The molecule has 0 radical (unpaired) electrons. The van der Waals surface area contributed by atoms with E-state index in [0.29, 0.717) is 5.69 Å². The molecule has 0 aliphatic heterocycles. The van der Waals surface area contributed by atoms with Crippen LogP contribution in [0.2, 0.25) is 0 Å². The second kappa shape index (κ2) is 4.72. The standard InChI is InChI=1S/C12H10N2O3S3/c1-14-9-5-4-8(7-10(9)19-12(14)15)13-20(16,17)11-3-2-6-18-11/h2-7,13H,1H3. The van der Waals surface area contributed by atoms with E-state index >= 15 is 0 Å². The summed E-state index contributed by atoms with van der Waals surface area (Å²) in [5.74, 6) is 0. The van der Waals surface area contributed by atoms with Gasteiger partial charge in [0.15, 0.2) is 0 Å². The first-order valence-electron chi connectivity index (χ1n) is 5.63. The zero-order valence-electron chi connectivity index (χ0n) is 10.4. The number of thiophene rings is 1. The number of benzene rings is 1. The zero-order chi connectivity index (χ0) is 14.3. The van der Waals surface area contributed by atoms with E-state index in [1.807, 2.05) is 0 Å². The average Bonchev–Trinajstić information content (AvgIpc) is 2.99. The third-order valence-electron chi connectivity index (χ3n) is 2.80. The average molecular weight is 326 g/mol. The number of aryl methyl sites for hydroxylation is 1. The molecule has 0 fully saturated rings. The molecule has 2 heterocycles. The molecule has 0 aliphatic rings. The molecule has 0 spiro atoms. The molecule has 1 aromatic carbocycles. The number of fused-ring (bicyclic) bond motifs is 1. The maximum Gasteiger partial charge on any atom is 0.307 e. The van der Waals surface area contributed by atoms with Gasteiger partial charge >= 0.3 is 4.87 Å². The van der Waals surface area contributed by atoms with Crippen LogP contribution in [-0.4, -0.2) is 13.0 Å². The summed E-state index contributed by atoms with van der Waals surface area (Å²) in [6.45, 7) is 0. The zero-order valence-corrected chi connectivity index (χ0v) is 12.8. The van der Waals surface area contributed by atoms with Gasteiger partial charge in [-0.1, -0.05) is 17.4 Å². The van der Waals surface area contributed by atoms with Crippen molar-refractivity contribution in [1.82, 2.24) is 4.57 Å². The van der Waals surface area contributed by atoms with Crippen LogP contribution in [0.1, 0.15) is 0 Å². The lowest BCUT2D eigenvalue weighted by Gasteiger charge is -2.06. The minimum Gasteiger partial charge on any atom is -0.302 e. The number of anilines is 1. The molecule has 0 bridgehead atoms. The van der Waals surface area contributed by atoms with Gasteiger partial charge < -0.3 is 4.57 Å². The number of thiazole rings is 1. The molecule has 2 aromatic heterocycles. The van der Waals surface area contributed by atoms with Crippen molar-refractivity contribution >= 4 is 48.6 Å². The van der Waals surface area contributed by atoms with Crippen molar-refractivity contribution in [3.8, 4) is 0 Å². The number of sulfonamides is 1. The molecular weight excluding hydrogens is 316 g/mol. The van der Waals surface area contributed by atoms with Gasteiger partial charge in [-0.2, -0.15) is 0 Å². The van der Waals surface area contributed by atoms with Crippen LogP contribution in [0.3, 0.4) is 0 Å². The number of hydrogen-bond acceptors (Lipinski definition) is 5. The van der Waals surface area contributed by atoms with Crippen molar-refractivity contribution in [1.29, 1.82) is 0 Å². The van der Waals surface area contributed by atoms with E-state index in [1.165, 1.54) is 4.57 Å². The summed E-state index contributed by atoms with van der Waals surface area (Å²) < 4.78 is 29.3. The second-order valence-corrected chi connectivity index (χ2v) is 8.00. The number of rotatable bonds is 3. The minimum atomic E-state index is -3.55. The minimum absolute atomic E-state index is 0.0711. The molecule has 3 rings (SSSR count). The number of aromatic nitrogens is 1. The van der Waals surface area contributed by atoms with Gasteiger partial charge in [0.05, 0.1) is 15.9 Å². The Morgan fingerprint density at radius 1 is 1.25 bits per heavy atom. The molecule has 20 heavy (non-hydrogen) atoms. The van der Waals surface area contributed by atoms with Gasteiger partial charge in [0.1, 0.15) is 4.21 Å². The highest BCUT2D eigenvalue weighted by Crippen LogP contribution is 2.24. The van der Waals surface area contributed by atoms with Gasteiger partial charge in [0.2, 0.25) is 0 Å². The van der Waals surface area contributed by atoms with Crippen molar-refractivity contribution in [3.63, 3.8) is 0 Å². The normalized spacial score (nSPS) is 11.8. The quantitative estimate of drug-likeness (QED) is 0.804. The number of nitrogens with one attached hydrogen (secondary N) is 1. The van der Waals surface area contributed by atoms with Crippen LogP contribution in [0.25, 0.3) is 10.2 Å². The van der Waals surface area contributed by atoms with Gasteiger partial charge in [0.25, 0.3) is 10.0 Å². The van der Waals surface area contributed by atoms with E-state index in [0.717, 1.165) is 32.9 Å². The number of nitrogens with zero attached hydrogens (tertiary/aromatic N) is 1. The Labute approximate surface area is 123 Å². The predicted octanol–water partition coefficient (Wildman–Crippen LogP) is 2.46. The topological polar surface area (TPSA) is 68.2 Å². The Hall–Kier alpha value is -1.64. The van der Waals surface area contributed by atoms with Crippen molar-refractivity contribution in [2.75, 3.05) is 4.72 Å². The molecule has 0 aliphatic carbocycles. The monoisotopic (exact) mass is 326 g/mol. The molecule has 3 aromatic rings. The van der Waals surface area contributed by atoms with Crippen LogP contribution < -0.4 is 9.60 Å². The molecule has 8 heteroatoms. The highest BCUT2D eigenvalue weighted by atomic mass is 32.2. The van der Waals surface area contributed by atoms with Crippen molar-refractivity contribution in [2.45, 2.75) is 4.21 Å². The maximum atomic E-state index is 12.1. The van der Waals surface area contributed by atoms with Gasteiger partial charge in [-0.05, 0) is 29.6 Å². The lowest BCUT2D eigenvalue weighted by atomic mass is 10.3. The SMILES string of the molecule is Cn1c(=O)sc2cc(NS(=O)(=O)c3cccs3)ccc21. The highest BCUT2D eigenvalue weighted by Gasteiger charge is 2.15. The Morgan fingerprint density at radius 3 is 2.75 bits per heavy atom. The molecule has 5 nitrogen and oxygen atoms in total. The summed E-state index contributed by atoms with van der Waals surface area (Å²) in [5.41, 5.74) is 1.24. The smallest absolute Gasteiger partial charge is 0.302 e. The molecule has 0 unspecified atom stereocenters. The largest absolute Gasteiger partial charge is 0.307 e. The Balaban J connectivity index is 2.02. The summed E-state index contributed by atoms with van der Waals surface area (Å²) in [4.78, 5) is 11.5. The van der Waals surface area contributed by atoms with Crippen LogP contribution in [0, 0.1) is 0 Å². The first kappa shape index (κ1) is 13.3. The van der Waals surface area contributed by atoms with E-state index < -0.39 is 10.0 Å². The van der Waals surface area contributed by atoms with Crippen molar-refractivity contribution in [2.24, 2.45) is 7.05 Å². The molecule has 0 amide bonds. The Kier molecular flexibility index (Phi) is 3.15. The number of hydrogen-bond donors (Lipinski definition) is 1. The lowest BCUT2D eigenvalue weighted by molar-refractivity contribution is 0.603. The van der Waals surface area contributed by atoms with Crippen LogP contribution in [-0.2, 0) is 17.1 Å². The third kappa shape index (κ3) is 2.26. The lowest BCUT2D eigenvalue weighted by Crippen LogP contribution is -2.11.